The van der Waals surface area contributed by atoms with Crippen molar-refractivity contribution in [1.29, 1.82) is 0 Å². The molecule has 0 fully saturated rings. The molecule has 1 unspecified atom stereocenters. The van der Waals surface area contributed by atoms with E-state index < -0.39 is 17.7 Å². The van der Waals surface area contributed by atoms with E-state index in [9.17, 15) is 14.7 Å². The molecule has 0 saturated carbocycles. The van der Waals surface area contributed by atoms with Crippen molar-refractivity contribution in [2.45, 2.75) is 26.4 Å². The first kappa shape index (κ1) is 14.5. The van der Waals surface area contributed by atoms with Crippen molar-refractivity contribution in [2.24, 2.45) is 5.73 Å². The van der Waals surface area contributed by atoms with Crippen LogP contribution < -0.4 is 5.73 Å². The molecular formula is C18H17NO3. The van der Waals surface area contributed by atoms with Crippen molar-refractivity contribution in [2.75, 3.05) is 0 Å². The Kier molecular flexibility index (Phi) is 3.34. The summed E-state index contributed by atoms with van der Waals surface area (Å²) in [5.41, 5.74) is 8.23. The predicted molar refractivity (Wildman–Crippen MR) is 85.4 cm³/mol. The SMILES string of the molecule is CCC(O)C1=C(N)c2ccc3c(C)cccc3c2C(=O)C1=O. The van der Waals surface area contributed by atoms with E-state index >= 15 is 0 Å². The van der Waals surface area contributed by atoms with Crippen molar-refractivity contribution in [3.05, 3.63) is 52.6 Å². The number of ketones is 2. The van der Waals surface area contributed by atoms with E-state index in [1.165, 1.54) is 0 Å². The molecule has 1 aliphatic rings. The Morgan fingerprint density at radius 1 is 1.09 bits per heavy atom. The number of aryl methyl sites for hydroxylation is 1. The lowest BCUT2D eigenvalue weighted by atomic mass is 9.82. The molecule has 2 aromatic rings. The summed E-state index contributed by atoms with van der Waals surface area (Å²) in [6, 6.07) is 9.28. The fourth-order valence-corrected chi connectivity index (χ4v) is 3.02. The predicted octanol–water partition coefficient (Wildman–Crippen LogP) is 2.35. The number of nitrogens with two attached hydrogens (primary N) is 1. The molecule has 1 aliphatic carbocycles. The maximum Gasteiger partial charge on any atom is 0.234 e. The number of hydrogen-bond donors (Lipinski definition) is 2. The first-order chi connectivity index (χ1) is 10.5. The van der Waals surface area contributed by atoms with Crippen LogP contribution in [-0.4, -0.2) is 22.8 Å². The van der Waals surface area contributed by atoms with Crippen LogP contribution in [-0.2, 0) is 4.79 Å². The number of carbonyl (C=O) groups is 2. The molecule has 0 radical (unpaired) electrons. The summed E-state index contributed by atoms with van der Waals surface area (Å²) in [5, 5.41) is 11.7. The summed E-state index contributed by atoms with van der Waals surface area (Å²) < 4.78 is 0. The van der Waals surface area contributed by atoms with Crippen molar-refractivity contribution in [3.63, 3.8) is 0 Å². The van der Waals surface area contributed by atoms with Crippen LogP contribution in [0.25, 0.3) is 16.5 Å². The normalized spacial score (nSPS) is 16.1. The molecule has 4 nitrogen and oxygen atoms in total. The van der Waals surface area contributed by atoms with Crippen molar-refractivity contribution in [1.82, 2.24) is 0 Å². The van der Waals surface area contributed by atoms with Gasteiger partial charge in [-0.05, 0) is 29.7 Å². The van der Waals surface area contributed by atoms with Crippen molar-refractivity contribution < 1.29 is 14.7 Å². The molecule has 3 N–H and O–H groups in total. The van der Waals surface area contributed by atoms with Crippen LogP contribution in [0.3, 0.4) is 0 Å². The summed E-state index contributed by atoms with van der Waals surface area (Å²) in [6.45, 7) is 3.69. The van der Waals surface area contributed by atoms with Crippen LogP contribution in [0, 0.1) is 6.92 Å². The van der Waals surface area contributed by atoms with Crippen LogP contribution in [0.4, 0.5) is 0 Å². The van der Waals surface area contributed by atoms with Gasteiger partial charge in [-0.3, -0.25) is 9.59 Å². The minimum Gasteiger partial charge on any atom is -0.398 e. The maximum absolute atomic E-state index is 12.6. The molecule has 1 atom stereocenters. The molecule has 3 rings (SSSR count). The number of benzene rings is 2. The van der Waals surface area contributed by atoms with E-state index in [1.54, 1.807) is 13.0 Å². The topological polar surface area (TPSA) is 80.4 Å². The summed E-state index contributed by atoms with van der Waals surface area (Å²) in [5.74, 6) is -1.30. The Balaban J connectivity index is 2.40. The third-order valence-corrected chi connectivity index (χ3v) is 4.26. The monoisotopic (exact) mass is 295 g/mol. The second kappa shape index (κ2) is 5.07. The Morgan fingerprint density at radius 3 is 2.50 bits per heavy atom. The lowest BCUT2D eigenvalue weighted by Crippen LogP contribution is -2.32. The third-order valence-electron chi connectivity index (χ3n) is 4.26. The van der Waals surface area contributed by atoms with Gasteiger partial charge in [0.1, 0.15) is 0 Å². The Labute approximate surface area is 128 Å². The van der Waals surface area contributed by atoms with Gasteiger partial charge in [0.25, 0.3) is 0 Å². The lowest BCUT2D eigenvalue weighted by Gasteiger charge is -2.23. The highest BCUT2D eigenvalue weighted by Crippen LogP contribution is 2.34. The maximum atomic E-state index is 12.6. The number of fused-ring (bicyclic) bond motifs is 3. The number of aliphatic hydroxyl groups is 1. The minimum atomic E-state index is -1.02. The van der Waals surface area contributed by atoms with E-state index in [0.29, 0.717) is 17.5 Å². The number of rotatable bonds is 2. The summed E-state index contributed by atoms with van der Waals surface area (Å²) in [6.07, 6.45) is -0.685. The number of aliphatic hydroxyl groups excluding tert-OH is 1. The minimum absolute atomic E-state index is 0.0204. The average Bonchev–Trinajstić information content (AvgIpc) is 2.52. The number of carbonyl (C=O) groups excluding carboxylic acids is 2. The molecule has 2 aromatic carbocycles. The van der Waals surface area contributed by atoms with E-state index in [-0.39, 0.29) is 11.3 Å². The highest BCUT2D eigenvalue weighted by molar-refractivity contribution is 6.54. The van der Waals surface area contributed by atoms with Crippen LogP contribution >= 0.6 is 0 Å². The van der Waals surface area contributed by atoms with Gasteiger partial charge in [0.05, 0.1) is 11.7 Å². The highest BCUT2D eigenvalue weighted by Gasteiger charge is 2.35. The smallest absolute Gasteiger partial charge is 0.234 e. The second-order valence-electron chi connectivity index (χ2n) is 5.57. The Hall–Kier alpha value is -2.46. The zero-order valence-electron chi connectivity index (χ0n) is 12.5. The molecule has 0 spiro atoms. The molecule has 22 heavy (non-hydrogen) atoms. The van der Waals surface area contributed by atoms with Crippen LogP contribution in [0.1, 0.15) is 34.8 Å². The quantitative estimate of drug-likeness (QED) is 0.833. The van der Waals surface area contributed by atoms with Gasteiger partial charge in [-0.1, -0.05) is 37.3 Å². The fourth-order valence-electron chi connectivity index (χ4n) is 3.02. The number of hydrogen-bond acceptors (Lipinski definition) is 4. The van der Waals surface area contributed by atoms with E-state index in [0.717, 1.165) is 16.3 Å². The summed E-state index contributed by atoms with van der Waals surface area (Å²) >= 11 is 0. The second-order valence-corrected chi connectivity index (χ2v) is 5.57. The van der Waals surface area contributed by atoms with Crippen molar-refractivity contribution >= 4 is 28.0 Å². The summed E-state index contributed by atoms with van der Waals surface area (Å²) in [4.78, 5) is 24.9. The van der Waals surface area contributed by atoms with Gasteiger partial charge in [0.15, 0.2) is 0 Å². The largest absolute Gasteiger partial charge is 0.398 e. The highest BCUT2D eigenvalue weighted by atomic mass is 16.3. The van der Waals surface area contributed by atoms with Gasteiger partial charge in [-0.15, -0.1) is 0 Å². The lowest BCUT2D eigenvalue weighted by molar-refractivity contribution is -0.112. The van der Waals surface area contributed by atoms with Crippen LogP contribution in [0.2, 0.25) is 0 Å². The zero-order valence-corrected chi connectivity index (χ0v) is 12.5. The van der Waals surface area contributed by atoms with E-state index in [1.807, 2.05) is 31.2 Å². The van der Waals surface area contributed by atoms with Crippen LogP contribution in [0.15, 0.2) is 35.9 Å². The first-order valence-electron chi connectivity index (χ1n) is 7.26. The molecule has 0 aliphatic heterocycles. The molecule has 0 bridgehead atoms. The Bertz CT molecular complexity index is 849. The molecule has 0 saturated heterocycles. The fraction of sp³-hybridized carbons (Fsp3) is 0.222. The molecule has 4 heteroatoms. The average molecular weight is 295 g/mol. The summed E-state index contributed by atoms with van der Waals surface area (Å²) in [7, 11) is 0. The first-order valence-corrected chi connectivity index (χ1v) is 7.26. The zero-order chi connectivity index (χ0) is 16.0. The third kappa shape index (κ3) is 1.88. The molecule has 0 heterocycles. The Morgan fingerprint density at radius 2 is 1.82 bits per heavy atom. The molecular weight excluding hydrogens is 278 g/mol. The van der Waals surface area contributed by atoms with Gasteiger partial charge >= 0.3 is 0 Å². The van der Waals surface area contributed by atoms with Gasteiger partial charge in [0, 0.05) is 16.8 Å². The van der Waals surface area contributed by atoms with E-state index in [2.05, 4.69) is 0 Å². The molecule has 112 valence electrons. The molecule has 0 amide bonds. The van der Waals surface area contributed by atoms with Gasteiger partial charge in [0.2, 0.25) is 11.6 Å². The van der Waals surface area contributed by atoms with Gasteiger partial charge in [-0.2, -0.15) is 0 Å². The standard InChI is InChI=1S/C18H17NO3/c1-3-13(20)15-16(19)12-8-7-10-9(2)5-4-6-11(10)14(12)17(21)18(15)22/h4-8,13,20H,3,19H2,1-2H3. The van der Waals surface area contributed by atoms with E-state index in [4.69, 9.17) is 5.73 Å². The van der Waals surface area contributed by atoms with Gasteiger partial charge in [-0.25, -0.2) is 0 Å². The van der Waals surface area contributed by atoms with Crippen molar-refractivity contribution in [3.8, 4) is 0 Å². The van der Waals surface area contributed by atoms with Crippen LogP contribution in [0.5, 0.6) is 0 Å². The number of Topliss-reactive ketones (excluding diaryl/α,β-unsaturated/α-hetero) is 2. The molecule has 0 aromatic heterocycles. The van der Waals surface area contributed by atoms with Gasteiger partial charge < -0.3 is 10.8 Å².